The lowest BCUT2D eigenvalue weighted by atomic mass is 10.2. The van der Waals surface area contributed by atoms with Crippen LogP contribution in [-0.2, 0) is 0 Å². The van der Waals surface area contributed by atoms with Gasteiger partial charge >= 0.3 is 0 Å². The van der Waals surface area contributed by atoms with Gasteiger partial charge in [-0.2, -0.15) is 5.10 Å². The third-order valence-corrected chi connectivity index (χ3v) is 3.02. The van der Waals surface area contributed by atoms with Crippen LogP contribution >= 0.6 is 11.6 Å². The van der Waals surface area contributed by atoms with E-state index in [4.69, 9.17) is 11.6 Å². The van der Waals surface area contributed by atoms with Crippen molar-refractivity contribution in [2.24, 2.45) is 5.10 Å². The molecule has 1 heterocycles. The summed E-state index contributed by atoms with van der Waals surface area (Å²) in [5.41, 5.74) is 2.48. The van der Waals surface area contributed by atoms with E-state index < -0.39 is 22.3 Å². The van der Waals surface area contributed by atoms with Crippen LogP contribution in [0.5, 0.6) is 5.75 Å². The largest absolute Gasteiger partial charge is 0.867 e. The molecule has 0 spiro atoms. The number of halogens is 1. The Morgan fingerprint density at radius 1 is 1.43 bits per heavy atom. The van der Waals surface area contributed by atoms with Gasteiger partial charge in [-0.3, -0.25) is 19.9 Å². The second-order valence-corrected chi connectivity index (χ2v) is 4.92. The van der Waals surface area contributed by atoms with Crippen LogP contribution in [0.1, 0.15) is 21.6 Å². The first-order valence-electron chi connectivity index (χ1n) is 6.29. The summed E-state index contributed by atoms with van der Waals surface area (Å²) in [5, 5.41) is 26.2. The Labute approximate surface area is 135 Å². The highest BCUT2D eigenvalue weighted by Gasteiger charge is 2.11. The van der Waals surface area contributed by atoms with Gasteiger partial charge in [0.25, 0.3) is 11.6 Å². The molecule has 2 rings (SSSR count). The second kappa shape index (κ2) is 6.84. The Hall–Kier alpha value is -3.00. The summed E-state index contributed by atoms with van der Waals surface area (Å²) >= 11 is 5.72. The lowest BCUT2D eigenvalue weighted by Crippen LogP contribution is -2.18. The van der Waals surface area contributed by atoms with Gasteiger partial charge in [0.1, 0.15) is 0 Å². The second-order valence-electron chi connectivity index (χ2n) is 4.49. The van der Waals surface area contributed by atoms with Crippen molar-refractivity contribution < 1.29 is 14.8 Å². The molecule has 9 heteroatoms. The van der Waals surface area contributed by atoms with Gasteiger partial charge in [-0.1, -0.05) is 11.6 Å². The van der Waals surface area contributed by atoms with Gasteiger partial charge in [0, 0.05) is 23.0 Å². The molecule has 0 fully saturated rings. The fraction of sp³-hybridized carbons (Fsp3) is 0.0714. The molecule has 0 bridgehead atoms. The van der Waals surface area contributed by atoms with Crippen LogP contribution in [0.25, 0.3) is 0 Å². The van der Waals surface area contributed by atoms with Crippen molar-refractivity contribution in [2.75, 3.05) is 0 Å². The average Bonchev–Trinajstić information content (AvgIpc) is 2.50. The highest BCUT2D eigenvalue weighted by molar-refractivity contribution is 6.31. The summed E-state index contributed by atoms with van der Waals surface area (Å²) in [7, 11) is 0. The molecule has 1 N–H and O–H groups in total. The Bertz CT molecular complexity index is 790. The average molecular weight is 334 g/mol. The van der Waals surface area contributed by atoms with Crippen molar-refractivity contribution in [3.63, 3.8) is 0 Å². The fourth-order valence-corrected chi connectivity index (χ4v) is 1.88. The molecular formula is C14H10ClN4O4-. The molecule has 118 valence electrons. The van der Waals surface area contributed by atoms with E-state index in [-0.39, 0.29) is 16.1 Å². The van der Waals surface area contributed by atoms with Gasteiger partial charge in [-0.05, 0) is 36.4 Å². The summed E-state index contributed by atoms with van der Waals surface area (Å²) in [4.78, 5) is 25.7. The Balaban J connectivity index is 2.16. The molecule has 0 aliphatic heterocycles. The summed E-state index contributed by atoms with van der Waals surface area (Å²) in [5.74, 6) is -1.37. The molecule has 0 aliphatic carbocycles. The number of nitro benzene ring substituents is 1. The number of carbonyl (C=O) groups is 1. The molecule has 23 heavy (non-hydrogen) atoms. The molecule has 0 radical (unpaired) electrons. The molecule has 1 aromatic heterocycles. The van der Waals surface area contributed by atoms with E-state index in [0.29, 0.717) is 0 Å². The molecule has 1 aromatic carbocycles. The first-order valence-corrected chi connectivity index (χ1v) is 6.67. The van der Waals surface area contributed by atoms with Gasteiger partial charge in [-0.25, -0.2) is 5.43 Å². The standard InChI is InChI=1S/C14H11ClN4O4/c1-8-2-3-9(6-16-8)14(21)18-17-7-10-4-11(15)5-12(13(10)20)19(22)23/h2-7,20H,1H3,(H,18,21)/p-1/b17-7+. The number of aryl methyl sites for hydroxylation is 1. The van der Waals surface area contributed by atoms with Gasteiger partial charge in [0.05, 0.1) is 16.7 Å². The van der Waals surface area contributed by atoms with Crippen LogP contribution in [0.4, 0.5) is 5.69 Å². The molecule has 0 atom stereocenters. The first-order chi connectivity index (χ1) is 10.9. The van der Waals surface area contributed by atoms with Crippen LogP contribution in [-0.4, -0.2) is 22.0 Å². The van der Waals surface area contributed by atoms with Gasteiger partial charge in [0.2, 0.25) is 0 Å². The summed E-state index contributed by atoms with van der Waals surface area (Å²) in [6, 6.07) is 5.41. The monoisotopic (exact) mass is 333 g/mol. The minimum atomic E-state index is -0.839. The SMILES string of the molecule is Cc1ccc(C(=O)N/N=C/c2cc(Cl)cc([N+](=O)[O-])c2[O-])cn1. The van der Waals surface area contributed by atoms with Crippen LogP contribution in [0, 0.1) is 17.0 Å². The van der Waals surface area contributed by atoms with E-state index in [1.807, 2.05) is 0 Å². The zero-order valence-electron chi connectivity index (χ0n) is 11.8. The van der Waals surface area contributed by atoms with Crippen molar-refractivity contribution in [1.82, 2.24) is 10.4 Å². The maximum absolute atomic E-state index is 11.8. The number of amides is 1. The number of nitrogens with one attached hydrogen (secondary N) is 1. The number of carbonyl (C=O) groups excluding carboxylic acids is 1. The maximum Gasteiger partial charge on any atom is 0.272 e. The number of nitro groups is 1. The quantitative estimate of drug-likeness (QED) is 0.519. The molecule has 2 aromatic rings. The maximum atomic E-state index is 11.8. The van der Waals surface area contributed by atoms with E-state index >= 15 is 0 Å². The normalized spacial score (nSPS) is 10.7. The summed E-state index contributed by atoms with van der Waals surface area (Å²) < 4.78 is 0. The summed E-state index contributed by atoms with van der Waals surface area (Å²) in [6.07, 6.45) is 2.38. The predicted molar refractivity (Wildman–Crippen MR) is 81.6 cm³/mol. The Morgan fingerprint density at radius 3 is 2.78 bits per heavy atom. The van der Waals surface area contributed by atoms with Crippen LogP contribution in [0.2, 0.25) is 5.02 Å². The summed E-state index contributed by atoms with van der Waals surface area (Å²) in [6.45, 7) is 1.78. The number of hydrogen-bond donors (Lipinski definition) is 1. The molecule has 1 amide bonds. The zero-order valence-corrected chi connectivity index (χ0v) is 12.6. The molecule has 0 aliphatic rings. The van der Waals surface area contributed by atoms with Gasteiger partial charge in [-0.15, -0.1) is 0 Å². The smallest absolute Gasteiger partial charge is 0.272 e. The zero-order chi connectivity index (χ0) is 17.0. The Morgan fingerprint density at radius 2 is 2.17 bits per heavy atom. The van der Waals surface area contributed by atoms with Crippen molar-refractivity contribution in [1.29, 1.82) is 0 Å². The fourth-order valence-electron chi connectivity index (χ4n) is 1.66. The van der Waals surface area contributed by atoms with E-state index in [9.17, 15) is 20.0 Å². The number of hydrazone groups is 1. The van der Waals surface area contributed by atoms with Crippen LogP contribution in [0.3, 0.4) is 0 Å². The van der Waals surface area contributed by atoms with E-state index in [2.05, 4.69) is 15.5 Å². The third kappa shape index (κ3) is 4.01. The van der Waals surface area contributed by atoms with Crippen molar-refractivity contribution >= 4 is 29.4 Å². The molecular weight excluding hydrogens is 324 g/mol. The molecule has 0 unspecified atom stereocenters. The Kier molecular flexibility index (Phi) is 4.87. The van der Waals surface area contributed by atoms with E-state index in [1.165, 1.54) is 12.3 Å². The number of nitrogens with zero attached hydrogens (tertiary/aromatic N) is 3. The molecule has 0 saturated carbocycles. The number of hydrogen-bond acceptors (Lipinski definition) is 6. The molecule has 0 saturated heterocycles. The van der Waals surface area contributed by atoms with E-state index in [1.54, 1.807) is 19.1 Å². The van der Waals surface area contributed by atoms with Gasteiger partial charge in [0.15, 0.2) is 0 Å². The lowest BCUT2D eigenvalue weighted by molar-refractivity contribution is -0.398. The van der Waals surface area contributed by atoms with Crippen molar-refractivity contribution in [3.05, 3.63) is 62.4 Å². The number of aromatic nitrogens is 1. The predicted octanol–water partition coefficient (Wildman–Crippen LogP) is 1.79. The number of pyridine rings is 1. The van der Waals surface area contributed by atoms with Crippen LogP contribution in [0.15, 0.2) is 35.6 Å². The number of rotatable bonds is 4. The molecule has 8 nitrogen and oxygen atoms in total. The van der Waals surface area contributed by atoms with E-state index in [0.717, 1.165) is 18.0 Å². The minimum Gasteiger partial charge on any atom is -0.867 e. The first kappa shape index (κ1) is 16.4. The topological polar surface area (TPSA) is 121 Å². The van der Waals surface area contributed by atoms with Gasteiger partial charge < -0.3 is 5.11 Å². The third-order valence-electron chi connectivity index (χ3n) is 2.80. The highest BCUT2D eigenvalue weighted by atomic mass is 35.5. The minimum absolute atomic E-state index is 0.0202. The van der Waals surface area contributed by atoms with Crippen molar-refractivity contribution in [2.45, 2.75) is 6.92 Å². The van der Waals surface area contributed by atoms with Crippen molar-refractivity contribution in [3.8, 4) is 5.75 Å². The van der Waals surface area contributed by atoms with Crippen LogP contribution < -0.4 is 10.5 Å². The highest BCUT2D eigenvalue weighted by Crippen LogP contribution is 2.29. The number of benzene rings is 1. The lowest BCUT2D eigenvalue weighted by Gasteiger charge is -2.10.